The van der Waals surface area contributed by atoms with Gasteiger partial charge >= 0.3 is 0 Å². The van der Waals surface area contributed by atoms with E-state index >= 15 is 0 Å². The SMILES string of the molecule is COc1cccc(Nc2cc(C)nc(NCc3cccc(C)c3)n2)c1. The zero-order valence-corrected chi connectivity index (χ0v) is 14.7. The van der Waals surface area contributed by atoms with Crippen molar-refractivity contribution in [3.05, 3.63) is 71.4 Å². The fourth-order valence-corrected chi connectivity index (χ4v) is 2.56. The summed E-state index contributed by atoms with van der Waals surface area (Å²) in [6.45, 7) is 4.73. The zero-order valence-electron chi connectivity index (χ0n) is 14.7. The fourth-order valence-electron chi connectivity index (χ4n) is 2.56. The Morgan fingerprint density at radius 2 is 1.80 bits per heavy atom. The van der Waals surface area contributed by atoms with Crippen LogP contribution in [0.4, 0.5) is 17.5 Å². The van der Waals surface area contributed by atoms with Gasteiger partial charge in [0.25, 0.3) is 0 Å². The van der Waals surface area contributed by atoms with Gasteiger partial charge in [-0.2, -0.15) is 4.98 Å². The normalized spacial score (nSPS) is 10.4. The zero-order chi connectivity index (χ0) is 17.6. The highest BCUT2D eigenvalue weighted by Crippen LogP contribution is 2.21. The van der Waals surface area contributed by atoms with Crippen LogP contribution in [0, 0.1) is 13.8 Å². The van der Waals surface area contributed by atoms with Gasteiger partial charge in [0.1, 0.15) is 11.6 Å². The molecule has 0 atom stereocenters. The molecule has 0 aliphatic heterocycles. The molecule has 0 aliphatic rings. The van der Waals surface area contributed by atoms with Crippen LogP contribution in [0.1, 0.15) is 16.8 Å². The fraction of sp³-hybridized carbons (Fsp3) is 0.200. The first kappa shape index (κ1) is 16.8. The maximum Gasteiger partial charge on any atom is 0.225 e. The molecule has 0 unspecified atom stereocenters. The van der Waals surface area contributed by atoms with Gasteiger partial charge in [0.05, 0.1) is 7.11 Å². The topological polar surface area (TPSA) is 59.1 Å². The third-order valence-corrected chi connectivity index (χ3v) is 3.73. The minimum Gasteiger partial charge on any atom is -0.497 e. The maximum absolute atomic E-state index is 5.25. The molecule has 0 fully saturated rings. The second-order valence-electron chi connectivity index (χ2n) is 5.92. The molecule has 0 radical (unpaired) electrons. The predicted octanol–water partition coefficient (Wildman–Crippen LogP) is 4.46. The minimum atomic E-state index is 0.604. The monoisotopic (exact) mass is 334 g/mol. The number of methoxy groups -OCH3 is 1. The molecule has 3 aromatic rings. The molecule has 1 heterocycles. The molecule has 3 rings (SSSR count). The van der Waals surface area contributed by atoms with Crippen molar-refractivity contribution in [3.8, 4) is 5.75 Å². The van der Waals surface area contributed by atoms with Gasteiger partial charge in [0, 0.05) is 30.1 Å². The Kier molecular flexibility index (Phi) is 5.14. The van der Waals surface area contributed by atoms with Gasteiger partial charge in [-0.1, -0.05) is 35.9 Å². The number of anilines is 3. The molecule has 2 aromatic carbocycles. The number of rotatable bonds is 6. The van der Waals surface area contributed by atoms with Gasteiger partial charge in [-0.25, -0.2) is 4.98 Å². The summed E-state index contributed by atoms with van der Waals surface area (Å²) in [6, 6.07) is 18.0. The Balaban J connectivity index is 1.73. The van der Waals surface area contributed by atoms with E-state index in [2.05, 4.69) is 51.8 Å². The first-order valence-electron chi connectivity index (χ1n) is 8.18. The predicted molar refractivity (Wildman–Crippen MR) is 102 cm³/mol. The van der Waals surface area contributed by atoms with Crippen molar-refractivity contribution >= 4 is 17.5 Å². The van der Waals surface area contributed by atoms with Crippen LogP contribution in [0.5, 0.6) is 5.75 Å². The summed E-state index contributed by atoms with van der Waals surface area (Å²) in [6.07, 6.45) is 0. The van der Waals surface area contributed by atoms with Gasteiger partial charge in [0.2, 0.25) is 5.95 Å². The molecule has 0 saturated carbocycles. The van der Waals surface area contributed by atoms with Crippen LogP contribution in [-0.2, 0) is 6.54 Å². The quantitative estimate of drug-likeness (QED) is 0.697. The number of nitrogens with one attached hydrogen (secondary N) is 2. The largest absolute Gasteiger partial charge is 0.497 e. The first-order valence-corrected chi connectivity index (χ1v) is 8.18. The number of nitrogens with zero attached hydrogens (tertiary/aromatic N) is 2. The van der Waals surface area contributed by atoms with E-state index in [1.54, 1.807) is 7.11 Å². The average Bonchev–Trinajstić information content (AvgIpc) is 2.60. The van der Waals surface area contributed by atoms with Crippen molar-refractivity contribution in [2.45, 2.75) is 20.4 Å². The van der Waals surface area contributed by atoms with Crippen LogP contribution in [0.25, 0.3) is 0 Å². The standard InChI is InChI=1S/C20H22N4O/c1-14-6-4-7-16(10-14)13-21-20-22-15(2)11-19(24-20)23-17-8-5-9-18(12-17)25-3/h4-12H,13H2,1-3H3,(H2,21,22,23,24). The molecular formula is C20H22N4O. The summed E-state index contributed by atoms with van der Waals surface area (Å²) < 4.78 is 5.25. The highest BCUT2D eigenvalue weighted by Gasteiger charge is 2.04. The Morgan fingerprint density at radius 1 is 0.960 bits per heavy atom. The van der Waals surface area contributed by atoms with E-state index in [0.29, 0.717) is 12.5 Å². The molecule has 0 amide bonds. The van der Waals surface area contributed by atoms with Gasteiger partial charge in [-0.15, -0.1) is 0 Å². The van der Waals surface area contributed by atoms with E-state index in [4.69, 9.17) is 4.74 Å². The lowest BCUT2D eigenvalue weighted by Crippen LogP contribution is -2.06. The van der Waals surface area contributed by atoms with Gasteiger partial charge in [-0.05, 0) is 31.5 Å². The van der Waals surface area contributed by atoms with Crippen LogP contribution in [0.2, 0.25) is 0 Å². The van der Waals surface area contributed by atoms with Crippen LogP contribution in [0.15, 0.2) is 54.6 Å². The minimum absolute atomic E-state index is 0.604. The number of ether oxygens (including phenoxy) is 1. The molecule has 25 heavy (non-hydrogen) atoms. The van der Waals surface area contributed by atoms with Gasteiger partial charge in [-0.3, -0.25) is 0 Å². The van der Waals surface area contributed by atoms with Crippen molar-refractivity contribution in [1.82, 2.24) is 9.97 Å². The van der Waals surface area contributed by atoms with E-state index in [-0.39, 0.29) is 0 Å². The number of hydrogen-bond acceptors (Lipinski definition) is 5. The molecule has 0 spiro atoms. The van der Waals surface area contributed by atoms with Crippen molar-refractivity contribution in [3.63, 3.8) is 0 Å². The lowest BCUT2D eigenvalue weighted by atomic mass is 10.1. The first-order chi connectivity index (χ1) is 12.1. The summed E-state index contributed by atoms with van der Waals surface area (Å²) in [5.41, 5.74) is 4.26. The second-order valence-corrected chi connectivity index (χ2v) is 5.92. The number of hydrogen-bond donors (Lipinski definition) is 2. The molecular weight excluding hydrogens is 312 g/mol. The van der Waals surface area contributed by atoms with E-state index in [1.165, 1.54) is 11.1 Å². The van der Waals surface area contributed by atoms with Crippen LogP contribution in [-0.4, -0.2) is 17.1 Å². The molecule has 0 aliphatic carbocycles. The molecule has 5 nitrogen and oxygen atoms in total. The Morgan fingerprint density at radius 3 is 2.60 bits per heavy atom. The van der Waals surface area contributed by atoms with Crippen molar-refractivity contribution in [1.29, 1.82) is 0 Å². The van der Waals surface area contributed by atoms with Crippen molar-refractivity contribution in [2.75, 3.05) is 17.7 Å². The molecule has 128 valence electrons. The van der Waals surface area contributed by atoms with E-state index in [9.17, 15) is 0 Å². The molecule has 5 heteroatoms. The number of benzene rings is 2. The molecule has 2 N–H and O–H groups in total. The van der Waals surface area contributed by atoms with E-state index in [1.807, 2.05) is 37.3 Å². The lowest BCUT2D eigenvalue weighted by Gasteiger charge is -2.11. The Labute approximate surface area is 148 Å². The lowest BCUT2D eigenvalue weighted by molar-refractivity contribution is 0.415. The summed E-state index contributed by atoms with van der Waals surface area (Å²) >= 11 is 0. The van der Waals surface area contributed by atoms with Crippen LogP contribution >= 0.6 is 0 Å². The summed E-state index contributed by atoms with van der Waals surface area (Å²) in [4.78, 5) is 9.01. The van der Waals surface area contributed by atoms with Crippen LogP contribution < -0.4 is 15.4 Å². The second kappa shape index (κ2) is 7.66. The van der Waals surface area contributed by atoms with Gasteiger partial charge in [0.15, 0.2) is 0 Å². The number of aryl methyl sites for hydroxylation is 2. The molecule has 1 aromatic heterocycles. The highest BCUT2D eigenvalue weighted by atomic mass is 16.5. The van der Waals surface area contributed by atoms with Crippen molar-refractivity contribution < 1.29 is 4.74 Å². The third kappa shape index (κ3) is 4.70. The summed E-state index contributed by atoms with van der Waals surface area (Å²) in [7, 11) is 1.65. The smallest absolute Gasteiger partial charge is 0.225 e. The molecule has 0 bridgehead atoms. The maximum atomic E-state index is 5.25. The molecule has 0 saturated heterocycles. The third-order valence-electron chi connectivity index (χ3n) is 3.73. The average molecular weight is 334 g/mol. The van der Waals surface area contributed by atoms with Gasteiger partial charge < -0.3 is 15.4 Å². The Bertz CT molecular complexity index is 864. The Hall–Kier alpha value is -3.08. The highest BCUT2D eigenvalue weighted by molar-refractivity contribution is 5.59. The van der Waals surface area contributed by atoms with Crippen LogP contribution in [0.3, 0.4) is 0 Å². The summed E-state index contributed by atoms with van der Waals surface area (Å²) in [5.74, 6) is 2.15. The van der Waals surface area contributed by atoms with E-state index < -0.39 is 0 Å². The number of aromatic nitrogens is 2. The van der Waals surface area contributed by atoms with E-state index in [0.717, 1.165) is 22.9 Å². The summed E-state index contributed by atoms with van der Waals surface area (Å²) in [5, 5.41) is 6.59. The van der Waals surface area contributed by atoms with Crippen molar-refractivity contribution in [2.24, 2.45) is 0 Å².